The van der Waals surface area contributed by atoms with Gasteiger partial charge in [0.15, 0.2) is 0 Å². The smallest absolute Gasteiger partial charge is 0.0525 e. The zero-order chi connectivity index (χ0) is 10.8. The lowest BCUT2D eigenvalue weighted by atomic mass is 10.1. The van der Waals surface area contributed by atoms with Crippen LogP contribution in [0.4, 0.5) is 5.69 Å². The number of rotatable bonds is 2. The quantitative estimate of drug-likeness (QED) is 0.848. The minimum absolute atomic E-state index is 0.819. The molecule has 0 aliphatic heterocycles. The number of nitrogen functional groups attached to an aromatic ring is 1. The van der Waals surface area contributed by atoms with Crippen molar-refractivity contribution < 1.29 is 0 Å². The highest BCUT2D eigenvalue weighted by Gasteiger charge is 2.03. The molecule has 0 aliphatic carbocycles. The summed E-state index contributed by atoms with van der Waals surface area (Å²) in [6, 6.07) is 5.90. The van der Waals surface area contributed by atoms with Crippen LogP contribution in [0.2, 0.25) is 0 Å². The van der Waals surface area contributed by atoms with Crippen LogP contribution in [0.3, 0.4) is 0 Å². The second-order valence-electron chi connectivity index (χ2n) is 3.54. The lowest BCUT2D eigenvalue weighted by molar-refractivity contribution is 0.767. The van der Waals surface area contributed by atoms with Crippen LogP contribution in [0.15, 0.2) is 35.1 Å². The van der Waals surface area contributed by atoms with Crippen LogP contribution in [-0.2, 0) is 13.5 Å². The summed E-state index contributed by atoms with van der Waals surface area (Å²) in [5, 5.41) is 4.13. The Bertz CT molecular complexity index is 476. The predicted molar refractivity (Wildman–Crippen MR) is 64.6 cm³/mol. The highest BCUT2D eigenvalue weighted by Crippen LogP contribution is 2.21. The Kier molecular flexibility index (Phi) is 2.77. The monoisotopic (exact) mass is 265 g/mol. The lowest BCUT2D eigenvalue weighted by Gasteiger charge is -2.04. The molecule has 0 fully saturated rings. The van der Waals surface area contributed by atoms with Gasteiger partial charge in [0.1, 0.15) is 0 Å². The van der Waals surface area contributed by atoms with Gasteiger partial charge in [-0.05, 0) is 29.3 Å². The number of nitrogens with two attached hydrogens (primary N) is 1. The van der Waals surface area contributed by atoms with Gasteiger partial charge in [0.25, 0.3) is 0 Å². The van der Waals surface area contributed by atoms with Gasteiger partial charge in [-0.1, -0.05) is 15.9 Å². The average molecular weight is 266 g/mol. The van der Waals surface area contributed by atoms with Crippen LogP contribution in [0.25, 0.3) is 0 Å². The number of benzene rings is 1. The molecule has 2 aromatic rings. The third kappa shape index (κ3) is 2.39. The highest BCUT2D eigenvalue weighted by molar-refractivity contribution is 9.10. The number of hydrogen-bond acceptors (Lipinski definition) is 2. The van der Waals surface area contributed by atoms with E-state index in [0.29, 0.717) is 0 Å². The van der Waals surface area contributed by atoms with Gasteiger partial charge in [-0.25, -0.2) is 0 Å². The van der Waals surface area contributed by atoms with Gasteiger partial charge in [-0.2, -0.15) is 5.10 Å². The van der Waals surface area contributed by atoms with E-state index in [1.807, 2.05) is 37.6 Å². The molecule has 0 amide bonds. The van der Waals surface area contributed by atoms with E-state index in [9.17, 15) is 0 Å². The molecule has 1 aromatic heterocycles. The molecule has 0 spiro atoms. The first-order chi connectivity index (χ1) is 7.15. The Hall–Kier alpha value is -1.29. The van der Waals surface area contributed by atoms with E-state index in [1.165, 1.54) is 5.56 Å². The molecule has 2 N–H and O–H groups in total. The molecule has 78 valence electrons. The third-order valence-corrected chi connectivity index (χ3v) is 2.75. The largest absolute Gasteiger partial charge is 0.398 e. The summed E-state index contributed by atoms with van der Waals surface area (Å²) < 4.78 is 2.85. The first-order valence-corrected chi connectivity index (χ1v) is 5.46. The summed E-state index contributed by atoms with van der Waals surface area (Å²) in [5.74, 6) is 0. The van der Waals surface area contributed by atoms with E-state index in [0.717, 1.165) is 22.1 Å². The Labute approximate surface area is 97.0 Å². The molecule has 15 heavy (non-hydrogen) atoms. The van der Waals surface area contributed by atoms with Crippen LogP contribution in [-0.4, -0.2) is 9.78 Å². The maximum atomic E-state index is 5.90. The summed E-state index contributed by atoms with van der Waals surface area (Å²) in [7, 11) is 1.91. The number of aryl methyl sites for hydroxylation is 1. The summed E-state index contributed by atoms with van der Waals surface area (Å²) in [6.07, 6.45) is 4.68. The van der Waals surface area contributed by atoms with Gasteiger partial charge < -0.3 is 5.73 Å². The van der Waals surface area contributed by atoms with Crippen molar-refractivity contribution in [1.29, 1.82) is 0 Å². The van der Waals surface area contributed by atoms with Gasteiger partial charge in [0.05, 0.1) is 6.20 Å². The topological polar surface area (TPSA) is 43.8 Å². The number of halogens is 1. The van der Waals surface area contributed by atoms with Gasteiger partial charge in [0, 0.05) is 29.8 Å². The fourth-order valence-corrected chi connectivity index (χ4v) is 1.92. The predicted octanol–water partition coefficient (Wildman–Crippen LogP) is 2.36. The van der Waals surface area contributed by atoms with Gasteiger partial charge in [-0.3, -0.25) is 4.68 Å². The van der Waals surface area contributed by atoms with E-state index in [2.05, 4.69) is 21.0 Å². The molecule has 0 atom stereocenters. The average Bonchev–Trinajstić information content (AvgIpc) is 2.58. The second-order valence-corrected chi connectivity index (χ2v) is 4.46. The maximum absolute atomic E-state index is 5.90. The molecule has 0 bridgehead atoms. The second kappa shape index (κ2) is 4.06. The first kappa shape index (κ1) is 10.2. The van der Waals surface area contributed by atoms with Crippen molar-refractivity contribution in [2.24, 2.45) is 7.05 Å². The highest BCUT2D eigenvalue weighted by atomic mass is 79.9. The van der Waals surface area contributed by atoms with Crippen LogP contribution in [0.5, 0.6) is 0 Å². The van der Waals surface area contributed by atoms with Crippen molar-refractivity contribution in [1.82, 2.24) is 9.78 Å². The molecule has 1 aromatic carbocycles. The summed E-state index contributed by atoms with van der Waals surface area (Å²) in [6.45, 7) is 0. The molecule has 2 rings (SSSR count). The number of anilines is 1. The molecule has 0 radical (unpaired) electrons. The van der Waals surface area contributed by atoms with Crippen LogP contribution < -0.4 is 5.73 Å². The fourth-order valence-electron chi connectivity index (χ4n) is 1.51. The Morgan fingerprint density at radius 1 is 1.47 bits per heavy atom. The third-order valence-electron chi connectivity index (χ3n) is 2.26. The van der Waals surface area contributed by atoms with E-state index in [4.69, 9.17) is 5.73 Å². The van der Waals surface area contributed by atoms with Gasteiger partial charge in [0.2, 0.25) is 0 Å². The van der Waals surface area contributed by atoms with Crippen molar-refractivity contribution >= 4 is 21.6 Å². The summed E-state index contributed by atoms with van der Waals surface area (Å²) >= 11 is 3.44. The molecular weight excluding hydrogens is 254 g/mol. The first-order valence-electron chi connectivity index (χ1n) is 4.66. The number of hydrogen-bond donors (Lipinski definition) is 1. The zero-order valence-electron chi connectivity index (χ0n) is 8.44. The van der Waals surface area contributed by atoms with Crippen molar-refractivity contribution in [3.63, 3.8) is 0 Å². The molecule has 0 saturated heterocycles. The molecule has 0 aliphatic rings. The fraction of sp³-hybridized carbons (Fsp3) is 0.182. The zero-order valence-corrected chi connectivity index (χ0v) is 10.0. The molecular formula is C11H12BrN3. The minimum Gasteiger partial charge on any atom is -0.398 e. The van der Waals surface area contributed by atoms with Crippen LogP contribution in [0, 0.1) is 0 Å². The molecule has 0 unspecified atom stereocenters. The SMILES string of the molecule is Cn1cc(Cc2cc(Br)ccc2N)cn1. The van der Waals surface area contributed by atoms with Gasteiger partial charge in [-0.15, -0.1) is 0 Å². The van der Waals surface area contributed by atoms with Crippen molar-refractivity contribution in [2.75, 3.05) is 5.73 Å². The van der Waals surface area contributed by atoms with Crippen LogP contribution in [0.1, 0.15) is 11.1 Å². The molecule has 0 saturated carbocycles. The summed E-state index contributed by atoms with van der Waals surface area (Å²) in [4.78, 5) is 0. The summed E-state index contributed by atoms with van der Waals surface area (Å²) in [5.41, 5.74) is 9.01. The Balaban J connectivity index is 2.27. The normalized spacial score (nSPS) is 10.5. The molecule has 4 heteroatoms. The van der Waals surface area contributed by atoms with E-state index < -0.39 is 0 Å². The van der Waals surface area contributed by atoms with E-state index in [-0.39, 0.29) is 0 Å². The van der Waals surface area contributed by atoms with E-state index in [1.54, 1.807) is 4.68 Å². The van der Waals surface area contributed by atoms with Crippen molar-refractivity contribution in [3.05, 3.63) is 46.2 Å². The lowest BCUT2D eigenvalue weighted by Crippen LogP contribution is -1.95. The Morgan fingerprint density at radius 3 is 2.93 bits per heavy atom. The minimum atomic E-state index is 0.819. The number of aromatic nitrogens is 2. The van der Waals surface area contributed by atoms with Crippen LogP contribution >= 0.6 is 15.9 Å². The van der Waals surface area contributed by atoms with Gasteiger partial charge >= 0.3 is 0 Å². The number of nitrogens with zero attached hydrogens (tertiary/aromatic N) is 2. The maximum Gasteiger partial charge on any atom is 0.0525 e. The standard InChI is InChI=1S/C11H12BrN3/c1-15-7-8(6-14-15)4-9-5-10(12)2-3-11(9)13/h2-3,5-7H,4,13H2,1H3. The molecule has 3 nitrogen and oxygen atoms in total. The Morgan fingerprint density at radius 2 is 2.27 bits per heavy atom. The van der Waals surface area contributed by atoms with E-state index >= 15 is 0 Å². The van der Waals surface area contributed by atoms with Crippen molar-refractivity contribution in [2.45, 2.75) is 6.42 Å². The van der Waals surface area contributed by atoms with Crippen molar-refractivity contribution in [3.8, 4) is 0 Å². The molecule has 1 heterocycles.